The van der Waals surface area contributed by atoms with Crippen LogP contribution in [0.3, 0.4) is 0 Å². The Kier molecular flexibility index (Phi) is 9.98. The molecule has 0 bridgehead atoms. The van der Waals surface area contributed by atoms with Crippen molar-refractivity contribution in [2.45, 2.75) is 72.4 Å². The van der Waals surface area contributed by atoms with Crippen molar-refractivity contribution in [3.63, 3.8) is 0 Å². The first-order chi connectivity index (χ1) is 21.8. The van der Waals surface area contributed by atoms with Crippen LogP contribution in [0, 0.1) is 0 Å². The lowest BCUT2D eigenvalue weighted by molar-refractivity contribution is 0.262. The summed E-state index contributed by atoms with van der Waals surface area (Å²) in [6, 6.07) is 27.0. The third-order valence-corrected chi connectivity index (χ3v) is 7.98. The fourth-order valence-corrected chi connectivity index (χ4v) is 5.66. The summed E-state index contributed by atoms with van der Waals surface area (Å²) in [5, 5.41) is 6.88. The minimum absolute atomic E-state index is 0.200. The number of para-hydroxylation sites is 1. The Hall–Kier alpha value is -4.91. The molecule has 0 unspecified atom stereocenters. The van der Waals surface area contributed by atoms with E-state index in [1.807, 2.05) is 84.9 Å². The molecule has 7 nitrogen and oxygen atoms in total. The monoisotopic (exact) mass is 602 g/mol. The third kappa shape index (κ3) is 7.09. The number of rotatable bonds is 11. The summed E-state index contributed by atoms with van der Waals surface area (Å²) < 4.78 is 7.82. The SMILES string of the molecule is CCCCn1c(=O)c(NC(=O)Nc2c(C(C)C)cccc2C(C)C)c(-c2cccc(OCc3ccccc3)c2)c2cccnc21. The van der Waals surface area contributed by atoms with Crippen LogP contribution < -0.4 is 20.9 Å². The minimum atomic E-state index is -0.467. The second kappa shape index (κ2) is 14.2. The van der Waals surface area contributed by atoms with Gasteiger partial charge in [-0.05, 0) is 64.8 Å². The molecule has 0 aliphatic carbocycles. The van der Waals surface area contributed by atoms with Gasteiger partial charge < -0.3 is 15.4 Å². The van der Waals surface area contributed by atoms with E-state index in [4.69, 9.17) is 4.74 Å². The topological polar surface area (TPSA) is 85.2 Å². The summed E-state index contributed by atoms with van der Waals surface area (Å²) in [6.07, 6.45) is 3.42. The fraction of sp³-hybridized carbons (Fsp3) is 0.289. The van der Waals surface area contributed by atoms with E-state index in [2.05, 4.69) is 50.2 Å². The van der Waals surface area contributed by atoms with Gasteiger partial charge >= 0.3 is 6.03 Å². The zero-order valence-electron chi connectivity index (χ0n) is 26.8. The lowest BCUT2D eigenvalue weighted by Gasteiger charge is -2.22. The van der Waals surface area contributed by atoms with Crippen LogP contribution in [0.4, 0.5) is 16.2 Å². The van der Waals surface area contributed by atoms with Crippen LogP contribution in [0.15, 0.2) is 95.9 Å². The number of benzene rings is 3. The van der Waals surface area contributed by atoms with Crippen molar-refractivity contribution in [1.82, 2.24) is 9.55 Å². The maximum atomic E-state index is 14.3. The van der Waals surface area contributed by atoms with Gasteiger partial charge in [-0.15, -0.1) is 0 Å². The minimum Gasteiger partial charge on any atom is -0.489 e. The molecule has 7 heteroatoms. The van der Waals surface area contributed by atoms with Gasteiger partial charge in [0.2, 0.25) is 0 Å². The molecule has 45 heavy (non-hydrogen) atoms. The van der Waals surface area contributed by atoms with Gasteiger partial charge in [-0.1, -0.05) is 102 Å². The number of carbonyl (C=O) groups excluding carboxylic acids is 1. The van der Waals surface area contributed by atoms with Crippen LogP contribution in [0.1, 0.15) is 76.0 Å². The highest BCUT2D eigenvalue weighted by Crippen LogP contribution is 2.36. The van der Waals surface area contributed by atoms with Crippen molar-refractivity contribution < 1.29 is 9.53 Å². The zero-order chi connectivity index (χ0) is 31.9. The molecule has 0 atom stereocenters. The number of unbranched alkanes of at least 4 members (excludes halogenated alkanes) is 1. The largest absolute Gasteiger partial charge is 0.489 e. The summed E-state index contributed by atoms with van der Waals surface area (Å²) in [4.78, 5) is 32.7. The Morgan fingerprint density at radius 2 is 1.53 bits per heavy atom. The molecule has 0 spiro atoms. The molecular formula is C38H42N4O3. The van der Waals surface area contributed by atoms with Gasteiger partial charge in [0.25, 0.3) is 5.56 Å². The summed E-state index contributed by atoms with van der Waals surface area (Å²) in [6.45, 7) is 11.4. The van der Waals surface area contributed by atoms with E-state index < -0.39 is 6.03 Å². The van der Waals surface area contributed by atoms with E-state index in [0.717, 1.165) is 46.2 Å². The highest BCUT2D eigenvalue weighted by molar-refractivity contribution is 6.07. The van der Waals surface area contributed by atoms with E-state index in [9.17, 15) is 9.59 Å². The molecule has 0 saturated carbocycles. The quantitative estimate of drug-likeness (QED) is 0.158. The summed E-state index contributed by atoms with van der Waals surface area (Å²) >= 11 is 0. The second-order valence-corrected chi connectivity index (χ2v) is 11.9. The zero-order valence-corrected chi connectivity index (χ0v) is 26.8. The number of urea groups is 1. The predicted molar refractivity (Wildman–Crippen MR) is 184 cm³/mol. The first-order valence-electron chi connectivity index (χ1n) is 15.8. The molecule has 2 amide bonds. The number of aromatic nitrogens is 2. The molecule has 0 radical (unpaired) electrons. The molecule has 2 heterocycles. The van der Waals surface area contributed by atoms with Crippen LogP contribution in [-0.4, -0.2) is 15.6 Å². The van der Waals surface area contributed by atoms with Gasteiger partial charge in [-0.2, -0.15) is 0 Å². The number of hydrogen-bond acceptors (Lipinski definition) is 4. The summed E-state index contributed by atoms with van der Waals surface area (Å²) in [5.74, 6) is 1.06. The highest BCUT2D eigenvalue weighted by Gasteiger charge is 2.23. The van der Waals surface area contributed by atoms with Crippen LogP contribution in [0.5, 0.6) is 5.75 Å². The maximum Gasteiger partial charge on any atom is 0.323 e. The van der Waals surface area contributed by atoms with Gasteiger partial charge in [-0.25, -0.2) is 9.78 Å². The summed E-state index contributed by atoms with van der Waals surface area (Å²) in [7, 11) is 0. The number of hydrogen-bond donors (Lipinski definition) is 2. The van der Waals surface area contributed by atoms with Gasteiger partial charge in [0, 0.05) is 29.4 Å². The number of aryl methyl sites for hydroxylation is 1. The Morgan fingerprint density at radius 3 is 2.22 bits per heavy atom. The molecule has 0 fully saturated rings. The average molecular weight is 603 g/mol. The number of nitrogens with one attached hydrogen (secondary N) is 2. The normalized spacial score (nSPS) is 11.3. The maximum absolute atomic E-state index is 14.3. The molecule has 232 valence electrons. The molecule has 0 aliphatic heterocycles. The van der Waals surface area contributed by atoms with Gasteiger partial charge in [0.15, 0.2) is 0 Å². The highest BCUT2D eigenvalue weighted by atomic mass is 16.5. The van der Waals surface area contributed by atoms with E-state index in [-0.39, 0.29) is 23.1 Å². The lowest BCUT2D eigenvalue weighted by Crippen LogP contribution is -2.30. The van der Waals surface area contributed by atoms with E-state index in [1.165, 1.54) is 0 Å². The number of ether oxygens (including phenoxy) is 1. The lowest BCUT2D eigenvalue weighted by atomic mass is 9.93. The van der Waals surface area contributed by atoms with Crippen molar-refractivity contribution in [2.75, 3.05) is 10.6 Å². The molecule has 5 aromatic rings. The number of carbonyl (C=O) groups is 1. The number of nitrogens with zero attached hydrogens (tertiary/aromatic N) is 2. The van der Waals surface area contributed by atoms with Crippen LogP contribution in [-0.2, 0) is 13.2 Å². The van der Waals surface area contributed by atoms with Crippen molar-refractivity contribution in [2.24, 2.45) is 0 Å². The van der Waals surface area contributed by atoms with Crippen molar-refractivity contribution in [3.8, 4) is 16.9 Å². The number of fused-ring (bicyclic) bond motifs is 1. The van der Waals surface area contributed by atoms with Crippen molar-refractivity contribution in [3.05, 3.63) is 118 Å². The Bertz CT molecular complexity index is 1820. The van der Waals surface area contributed by atoms with Crippen LogP contribution in [0.2, 0.25) is 0 Å². The first kappa shape index (κ1) is 31.5. The van der Waals surface area contributed by atoms with Gasteiger partial charge in [-0.3, -0.25) is 9.36 Å². The predicted octanol–water partition coefficient (Wildman–Crippen LogP) is 9.33. The number of amides is 2. The second-order valence-electron chi connectivity index (χ2n) is 11.9. The Morgan fingerprint density at radius 1 is 0.844 bits per heavy atom. The molecule has 2 aromatic heterocycles. The van der Waals surface area contributed by atoms with Crippen molar-refractivity contribution >= 4 is 28.4 Å². The number of anilines is 2. The standard InChI is InChI=1S/C38H42N4O3/c1-6-7-22-42-36-32(20-13-21-39-36)33(28-16-11-17-29(23-28)45-24-27-14-9-8-10-15-27)35(37(42)43)41-38(44)40-34-30(25(2)3)18-12-19-31(34)26(4)5/h8-21,23,25-26H,6-7,22,24H2,1-5H3,(H2,40,41,44). The number of pyridine rings is 2. The third-order valence-electron chi connectivity index (χ3n) is 7.98. The van der Waals surface area contributed by atoms with Crippen LogP contribution >= 0.6 is 0 Å². The molecule has 3 aromatic carbocycles. The molecular weight excluding hydrogens is 560 g/mol. The van der Waals surface area contributed by atoms with E-state index >= 15 is 0 Å². The first-order valence-corrected chi connectivity index (χ1v) is 15.8. The molecule has 0 aliphatic rings. The summed E-state index contributed by atoms with van der Waals surface area (Å²) in [5.41, 5.74) is 5.78. The van der Waals surface area contributed by atoms with Gasteiger partial charge in [0.05, 0.1) is 0 Å². The van der Waals surface area contributed by atoms with E-state index in [0.29, 0.717) is 30.1 Å². The fourth-order valence-electron chi connectivity index (χ4n) is 5.66. The van der Waals surface area contributed by atoms with Crippen molar-refractivity contribution in [1.29, 1.82) is 0 Å². The Balaban J connectivity index is 1.61. The van der Waals surface area contributed by atoms with Crippen LogP contribution in [0.25, 0.3) is 22.2 Å². The Labute approximate surface area is 265 Å². The molecule has 0 saturated heterocycles. The van der Waals surface area contributed by atoms with Gasteiger partial charge in [0.1, 0.15) is 23.7 Å². The average Bonchev–Trinajstić information content (AvgIpc) is 3.04. The van der Waals surface area contributed by atoms with E-state index in [1.54, 1.807) is 10.8 Å². The molecule has 5 rings (SSSR count). The molecule has 2 N–H and O–H groups in total. The smallest absolute Gasteiger partial charge is 0.323 e.